The highest BCUT2D eigenvalue weighted by molar-refractivity contribution is 5.94. The van der Waals surface area contributed by atoms with Crippen molar-refractivity contribution >= 4 is 17.9 Å². The number of carbonyl (C=O) groups excluding carboxylic acids is 2. The number of amides is 2. The molecule has 5 heteroatoms. The van der Waals surface area contributed by atoms with Gasteiger partial charge in [-0.15, -0.1) is 0 Å². The summed E-state index contributed by atoms with van der Waals surface area (Å²) in [4.78, 5) is 33.0. The third-order valence-corrected chi connectivity index (χ3v) is 5.86. The Morgan fingerprint density at radius 2 is 1.89 bits per heavy atom. The maximum atomic E-state index is 12.6. The second kappa shape index (κ2) is 7.97. The smallest absolute Gasteiger partial charge is 0.255 e. The van der Waals surface area contributed by atoms with Gasteiger partial charge in [0.15, 0.2) is 0 Å². The minimum atomic E-state index is 0.0173. The molecule has 2 aliphatic heterocycles. The van der Waals surface area contributed by atoms with Crippen molar-refractivity contribution in [3.8, 4) is 0 Å². The van der Waals surface area contributed by atoms with Crippen LogP contribution in [0.4, 0.5) is 0 Å². The zero-order valence-corrected chi connectivity index (χ0v) is 16.0. The van der Waals surface area contributed by atoms with Crippen LogP contribution in [0.15, 0.2) is 60.9 Å². The first-order valence-electron chi connectivity index (χ1n) is 9.84. The van der Waals surface area contributed by atoms with E-state index in [1.807, 2.05) is 28.0 Å². The molecule has 0 saturated carbocycles. The molecule has 0 aliphatic carbocycles. The fourth-order valence-corrected chi connectivity index (χ4v) is 4.22. The topological polar surface area (TPSA) is 53.5 Å². The number of hydrogen-bond acceptors (Lipinski definition) is 3. The van der Waals surface area contributed by atoms with Crippen LogP contribution in [0.2, 0.25) is 0 Å². The number of nitrogens with zero attached hydrogens (tertiary/aromatic N) is 3. The van der Waals surface area contributed by atoms with Crippen LogP contribution < -0.4 is 0 Å². The van der Waals surface area contributed by atoms with E-state index in [4.69, 9.17) is 0 Å². The average molecular weight is 375 g/mol. The van der Waals surface area contributed by atoms with E-state index < -0.39 is 0 Å². The van der Waals surface area contributed by atoms with E-state index in [0.717, 1.165) is 24.9 Å². The molecule has 0 unspecified atom stereocenters. The molecule has 2 amide bonds. The van der Waals surface area contributed by atoms with Crippen LogP contribution >= 0.6 is 0 Å². The van der Waals surface area contributed by atoms with Gasteiger partial charge in [-0.3, -0.25) is 14.6 Å². The van der Waals surface area contributed by atoms with E-state index in [2.05, 4.69) is 29.3 Å². The number of carbonyl (C=O) groups is 2. The van der Waals surface area contributed by atoms with Crippen LogP contribution in [-0.4, -0.2) is 52.8 Å². The van der Waals surface area contributed by atoms with Gasteiger partial charge in [0, 0.05) is 50.4 Å². The lowest BCUT2D eigenvalue weighted by Gasteiger charge is -2.38. The Morgan fingerprint density at radius 1 is 1.11 bits per heavy atom. The highest BCUT2D eigenvalue weighted by Crippen LogP contribution is 2.41. The summed E-state index contributed by atoms with van der Waals surface area (Å²) in [6.45, 7) is 2.84. The minimum Gasteiger partial charge on any atom is -0.339 e. The lowest BCUT2D eigenvalue weighted by molar-refractivity contribution is -0.127. The highest BCUT2D eigenvalue weighted by Gasteiger charge is 2.45. The molecule has 144 valence electrons. The first-order chi connectivity index (χ1) is 13.7. The molecule has 3 heterocycles. The number of hydrogen-bond donors (Lipinski definition) is 0. The number of benzene rings is 1. The van der Waals surface area contributed by atoms with Crippen LogP contribution in [0.3, 0.4) is 0 Å². The van der Waals surface area contributed by atoms with Crippen molar-refractivity contribution in [1.82, 2.24) is 14.8 Å². The summed E-state index contributed by atoms with van der Waals surface area (Å²) in [5, 5.41) is 0. The van der Waals surface area contributed by atoms with Gasteiger partial charge in [0.25, 0.3) is 5.91 Å². The van der Waals surface area contributed by atoms with Crippen molar-refractivity contribution in [1.29, 1.82) is 0 Å². The van der Waals surface area contributed by atoms with Crippen molar-refractivity contribution in [3.05, 3.63) is 72.1 Å². The Bertz CT molecular complexity index is 856. The van der Waals surface area contributed by atoms with Crippen molar-refractivity contribution < 1.29 is 9.59 Å². The van der Waals surface area contributed by atoms with E-state index in [1.165, 1.54) is 0 Å². The normalized spacial score (nSPS) is 18.9. The number of rotatable bonds is 4. The molecule has 0 bridgehead atoms. The van der Waals surface area contributed by atoms with E-state index in [-0.39, 0.29) is 17.2 Å². The molecule has 2 aromatic rings. The molecule has 4 rings (SSSR count). The van der Waals surface area contributed by atoms with Gasteiger partial charge >= 0.3 is 0 Å². The molecule has 2 saturated heterocycles. The Labute approximate surface area is 165 Å². The lowest BCUT2D eigenvalue weighted by Crippen LogP contribution is -2.44. The lowest BCUT2D eigenvalue weighted by atomic mass is 9.77. The largest absolute Gasteiger partial charge is 0.339 e. The van der Waals surface area contributed by atoms with Crippen LogP contribution in [0.1, 0.15) is 35.2 Å². The van der Waals surface area contributed by atoms with E-state index in [0.29, 0.717) is 31.6 Å². The predicted octanol–water partition coefficient (Wildman–Crippen LogP) is 3.25. The average Bonchev–Trinajstić information content (AvgIpc) is 3.04. The molecule has 5 nitrogen and oxygen atoms in total. The second-order valence-corrected chi connectivity index (χ2v) is 7.80. The number of pyridine rings is 1. The Kier molecular flexibility index (Phi) is 5.24. The Hall–Kier alpha value is -2.95. The zero-order chi connectivity index (χ0) is 19.4. The molecular formula is C23H25N3O2. The van der Waals surface area contributed by atoms with Crippen molar-refractivity contribution in [3.63, 3.8) is 0 Å². The third kappa shape index (κ3) is 3.98. The summed E-state index contributed by atoms with van der Waals surface area (Å²) in [5.41, 5.74) is 1.79. The number of aromatic nitrogens is 1. The summed E-state index contributed by atoms with van der Waals surface area (Å²) in [6, 6.07) is 13.7. The fourth-order valence-electron chi connectivity index (χ4n) is 4.22. The molecule has 1 aromatic heterocycles. The summed E-state index contributed by atoms with van der Waals surface area (Å²) in [7, 11) is 0. The van der Waals surface area contributed by atoms with Gasteiger partial charge in [0.2, 0.25) is 5.91 Å². The van der Waals surface area contributed by atoms with E-state index in [1.54, 1.807) is 24.5 Å². The molecule has 28 heavy (non-hydrogen) atoms. The van der Waals surface area contributed by atoms with Crippen LogP contribution in [-0.2, 0) is 4.79 Å². The monoisotopic (exact) mass is 375 g/mol. The summed E-state index contributed by atoms with van der Waals surface area (Å²) in [6.07, 6.45) is 9.77. The first-order valence-corrected chi connectivity index (χ1v) is 9.84. The van der Waals surface area contributed by atoms with Gasteiger partial charge in [0.05, 0.1) is 5.56 Å². The van der Waals surface area contributed by atoms with Crippen molar-refractivity contribution in [2.45, 2.75) is 19.3 Å². The predicted molar refractivity (Wildman–Crippen MR) is 108 cm³/mol. The molecule has 0 atom stereocenters. The van der Waals surface area contributed by atoms with Crippen LogP contribution in [0.5, 0.6) is 0 Å². The SMILES string of the molecule is O=C1CC2(CCN(C(=O)c3cccnc3)CC2)CN1C/C=C/c1ccccc1. The Morgan fingerprint density at radius 3 is 2.61 bits per heavy atom. The standard InChI is InChI=1S/C23H25N3O2/c27-21-16-23(18-26(21)13-5-8-19-6-2-1-3-7-19)10-14-25(15-11-23)22(28)20-9-4-12-24-17-20/h1-9,12,17H,10-11,13-16,18H2/b8-5+. The number of piperidine rings is 1. The number of likely N-dealkylation sites (tertiary alicyclic amines) is 2. The molecule has 0 N–H and O–H groups in total. The van der Waals surface area contributed by atoms with Gasteiger partial charge in [-0.2, -0.15) is 0 Å². The van der Waals surface area contributed by atoms with Crippen LogP contribution in [0, 0.1) is 5.41 Å². The van der Waals surface area contributed by atoms with Crippen molar-refractivity contribution in [2.75, 3.05) is 26.2 Å². The Balaban J connectivity index is 1.33. The maximum absolute atomic E-state index is 12.6. The second-order valence-electron chi connectivity index (χ2n) is 7.80. The van der Waals surface area contributed by atoms with E-state index in [9.17, 15) is 9.59 Å². The van der Waals surface area contributed by atoms with Gasteiger partial charge in [0.1, 0.15) is 0 Å². The molecule has 2 fully saturated rings. The summed E-state index contributed by atoms with van der Waals surface area (Å²) >= 11 is 0. The zero-order valence-electron chi connectivity index (χ0n) is 16.0. The molecular weight excluding hydrogens is 350 g/mol. The fraction of sp³-hybridized carbons (Fsp3) is 0.348. The quantitative estimate of drug-likeness (QED) is 0.824. The maximum Gasteiger partial charge on any atom is 0.255 e. The molecule has 2 aliphatic rings. The van der Waals surface area contributed by atoms with E-state index >= 15 is 0 Å². The van der Waals surface area contributed by atoms with Gasteiger partial charge < -0.3 is 9.80 Å². The van der Waals surface area contributed by atoms with Gasteiger partial charge in [-0.1, -0.05) is 42.5 Å². The molecule has 1 aromatic carbocycles. The minimum absolute atomic E-state index is 0.0173. The van der Waals surface area contributed by atoms with Gasteiger partial charge in [-0.05, 0) is 30.5 Å². The first kappa shape index (κ1) is 18.4. The molecule has 1 spiro atoms. The summed E-state index contributed by atoms with van der Waals surface area (Å²) in [5.74, 6) is 0.264. The van der Waals surface area contributed by atoms with Gasteiger partial charge in [-0.25, -0.2) is 0 Å². The highest BCUT2D eigenvalue weighted by atomic mass is 16.2. The van der Waals surface area contributed by atoms with Crippen LogP contribution in [0.25, 0.3) is 6.08 Å². The van der Waals surface area contributed by atoms with Crippen molar-refractivity contribution in [2.24, 2.45) is 5.41 Å². The third-order valence-electron chi connectivity index (χ3n) is 5.86. The molecule has 0 radical (unpaired) electrons. The summed E-state index contributed by atoms with van der Waals surface area (Å²) < 4.78 is 0.